The summed E-state index contributed by atoms with van der Waals surface area (Å²) in [4.78, 5) is 21.9. The Labute approximate surface area is 115 Å². The molecule has 0 atom stereocenters. The molecule has 2 rings (SSSR count). The van der Waals surface area contributed by atoms with Gasteiger partial charge in [0.2, 0.25) is 15.9 Å². The SMILES string of the molecule is CS(=O)(=O)N1CC(C(=O)Nc2cccc([N+](=O)[O-])c2)C1. The highest BCUT2D eigenvalue weighted by atomic mass is 32.2. The molecular weight excluding hydrogens is 286 g/mol. The van der Waals surface area contributed by atoms with Crippen LogP contribution in [0.15, 0.2) is 24.3 Å². The molecule has 0 aliphatic carbocycles. The van der Waals surface area contributed by atoms with Gasteiger partial charge in [-0.15, -0.1) is 0 Å². The van der Waals surface area contributed by atoms with Crippen LogP contribution >= 0.6 is 0 Å². The summed E-state index contributed by atoms with van der Waals surface area (Å²) in [5.74, 6) is -0.769. The minimum atomic E-state index is -3.26. The maximum absolute atomic E-state index is 11.8. The van der Waals surface area contributed by atoms with Crippen molar-refractivity contribution < 1.29 is 18.1 Å². The van der Waals surface area contributed by atoms with Crippen molar-refractivity contribution in [1.82, 2.24) is 4.31 Å². The number of benzene rings is 1. The van der Waals surface area contributed by atoms with Gasteiger partial charge in [-0.3, -0.25) is 14.9 Å². The van der Waals surface area contributed by atoms with Crippen LogP contribution in [0.25, 0.3) is 0 Å². The lowest BCUT2D eigenvalue weighted by Crippen LogP contribution is -2.53. The van der Waals surface area contributed by atoms with Crippen LogP contribution in [0, 0.1) is 16.0 Å². The number of nitrogens with one attached hydrogen (secondary N) is 1. The number of carbonyl (C=O) groups is 1. The fourth-order valence-corrected chi connectivity index (χ4v) is 2.72. The summed E-state index contributed by atoms with van der Waals surface area (Å²) in [7, 11) is -3.26. The van der Waals surface area contributed by atoms with Crippen LogP contribution in [-0.2, 0) is 14.8 Å². The topological polar surface area (TPSA) is 110 Å². The molecule has 9 heteroatoms. The molecule has 1 N–H and O–H groups in total. The van der Waals surface area contributed by atoms with Crippen molar-refractivity contribution in [3.63, 3.8) is 0 Å². The number of nitrogens with zero attached hydrogens (tertiary/aromatic N) is 2. The quantitative estimate of drug-likeness (QED) is 0.640. The molecule has 0 radical (unpaired) electrons. The van der Waals surface area contributed by atoms with Crippen molar-refractivity contribution in [3.8, 4) is 0 Å². The molecule has 0 bridgehead atoms. The maximum atomic E-state index is 11.8. The number of amides is 1. The maximum Gasteiger partial charge on any atom is 0.271 e. The van der Waals surface area contributed by atoms with Crippen LogP contribution in [0.4, 0.5) is 11.4 Å². The van der Waals surface area contributed by atoms with E-state index in [2.05, 4.69) is 5.32 Å². The second-order valence-corrected chi connectivity index (χ2v) is 6.56. The molecule has 1 aromatic carbocycles. The molecule has 1 heterocycles. The van der Waals surface area contributed by atoms with Crippen LogP contribution in [0.5, 0.6) is 0 Å². The van der Waals surface area contributed by atoms with Gasteiger partial charge in [-0.2, -0.15) is 0 Å². The van der Waals surface area contributed by atoms with Crippen molar-refractivity contribution in [3.05, 3.63) is 34.4 Å². The number of rotatable bonds is 4. The molecule has 1 fully saturated rings. The summed E-state index contributed by atoms with van der Waals surface area (Å²) in [6, 6.07) is 5.59. The molecule has 1 amide bonds. The van der Waals surface area contributed by atoms with Gasteiger partial charge in [0.25, 0.3) is 5.69 Å². The fraction of sp³-hybridized carbons (Fsp3) is 0.364. The van der Waals surface area contributed by atoms with E-state index in [4.69, 9.17) is 0 Å². The molecule has 0 saturated carbocycles. The first-order chi connectivity index (χ1) is 9.27. The Morgan fingerprint density at radius 2 is 2.10 bits per heavy atom. The van der Waals surface area contributed by atoms with Gasteiger partial charge in [0.1, 0.15) is 0 Å². The molecule has 1 aromatic rings. The predicted octanol–water partition coefficient (Wildman–Crippen LogP) is 0.425. The Balaban J connectivity index is 1.97. The van der Waals surface area contributed by atoms with E-state index in [-0.39, 0.29) is 24.7 Å². The smallest absolute Gasteiger partial charge is 0.271 e. The van der Waals surface area contributed by atoms with Crippen LogP contribution in [-0.4, -0.2) is 42.9 Å². The number of nitro benzene ring substituents is 1. The molecule has 1 aliphatic heterocycles. The number of carbonyl (C=O) groups excluding carboxylic acids is 1. The first kappa shape index (κ1) is 14.4. The Kier molecular flexibility index (Phi) is 3.73. The molecule has 8 nitrogen and oxygen atoms in total. The highest BCUT2D eigenvalue weighted by Gasteiger charge is 2.37. The first-order valence-corrected chi connectivity index (χ1v) is 7.62. The van der Waals surface area contributed by atoms with E-state index in [1.807, 2.05) is 0 Å². The largest absolute Gasteiger partial charge is 0.326 e. The van der Waals surface area contributed by atoms with E-state index in [0.29, 0.717) is 5.69 Å². The number of nitro groups is 1. The zero-order valence-corrected chi connectivity index (χ0v) is 11.5. The van der Waals surface area contributed by atoms with Gasteiger partial charge in [-0.25, -0.2) is 12.7 Å². The summed E-state index contributed by atoms with van der Waals surface area (Å²) in [5, 5.41) is 13.2. The van der Waals surface area contributed by atoms with Gasteiger partial charge in [-0.1, -0.05) is 6.07 Å². The first-order valence-electron chi connectivity index (χ1n) is 5.78. The lowest BCUT2D eigenvalue weighted by atomic mass is 10.0. The number of non-ortho nitro benzene ring substituents is 1. The molecule has 0 spiro atoms. The number of hydrogen-bond acceptors (Lipinski definition) is 5. The molecule has 0 aromatic heterocycles. The third-order valence-corrected chi connectivity index (χ3v) is 4.25. The normalized spacial score (nSPS) is 16.4. The monoisotopic (exact) mass is 299 g/mol. The summed E-state index contributed by atoms with van der Waals surface area (Å²) < 4.78 is 23.6. The van der Waals surface area contributed by atoms with Crippen molar-refractivity contribution in [2.75, 3.05) is 24.7 Å². The lowest BCUT2D eigenvalue weighted by Gasteiger charge is -2.35. The lowest BCUT2D eigenvalue weighted by molar-refractivity contribution is -0.384. The zero-order chi connectivity index (χ0) is 14.9. The standard InChI is InChI=1S/C11H13N3O5S/c1-20(18,19)13-6-8(7-13)11(15)12-9-3-2-4-10(5-9)14(16)17/h2-5,8H,6-7H2,1H3,(H,12,15). The number of anilines is 1. The van der Waals surface area contributed by atoms with Gasteiger partial charge in [0.15, 0.2) is 0 Å². The minimum Gasteiger partial charge on any atom is -0.326 e. The van der Waals surface area contributed by atoms with Gasteiger partial charge in [0.05, 0.1) is 17.1 Å². The van der Waals surface area contributed by atoms with E-state index in [9.17, 15) is 23.3 Å². The van der Waals surface area contributed by atoms with E-state index in [0.717, 1.165) is 6.26 Å². The number of hydrogen-bond donors (Lipinski definition) is 1. The summed E-state index contributed by atoms with van der Waals surface area (Å²) in [6.45, 7) is 0.277. The zero-order valence-electron chi connectivity index (χ0n) is 10.6. The van der Waals surface area contributed by atoms with Gasteiger partial charge in [0, 0.05) is 30.9 Å². The van der Waals surface area contributed by atoms with Gasteiger partial charge in [-0.05, 0) is 6.07 Å². The molecule has 20 heavy (non-hydrogen) atoms. The summed E-state index contributed by atoms with van der Waals surface area (Å²) in [5.41, 5.74) is 0.205. The second-order valence-electron chi connectivity index (χ2n) is 4.57. The Morgan fingerprint density at radius 1 is 1.45 bits per heavy atom. The van der Waals surface area contributed by atoms with Gasteiger partial charge >= 0.3 is 0 Å². The molecule has 1 saturated heterocycles. The minimum absolute atomic E-state index is 0.117. The summed E-state index contributed by atoms with van der Waals surface area (Å²) >= 11 is 0. The molecule has 1 aliphatic rings. The van der Waals surface area contributed by atoms with E-state index >= 15 is 0 Å². The predicted molar refractivity (Wildman–Crippen MR) is 71.6 cm³/mol. The summed E-state index contributed by atoms with van der Waals surface area (Å²) in [6.07, 6.45) is 1.09. The Morgan fingerprint density at radius 3 is 2.65 bits per heavy atom. The Hall–Kier alpha value is -2.00. The van der Waals surface area contributed by atoms with Gasteiger partial charge < -0.3 is 5.32 Å². The molecular formula is C11H13N3O5S. The average molecular weight is 299 g/mol. The second kappa shape index (κ2) is 5.17. The fourth-order valence-electron chi connectivity index (χ4n) is 1.82. The number of sulfonamides is 1. The van der Waals surface area contributed by atoms with Crippen LogP contribution in [0.1, 0.15) is 0 Å². The average Bonchev–Trinajstić information content (AvgIpc) is 2.24. The van der Waals surface area contributed by atoms with Crippen molar-refractivity contribution in [2.45, 2.75) is 0 Å². The molecule has 0 unspecified atom stereocenters. The van der Waals surface area contributed by atoms with Crippen LogP contribution < -0.4 is 5.32 Å². The highest BCUT2D eigenvalue weighted by Crippen LogP contribution is 2.22. The van der Waals surface area contributed by atoms with Crippen LogP contribution in [0.2, 0.25) is 0 Å². The third kappa shape index (κ3) is 3.11. The molecule has 108 valence electrons. The van der Waals surface area contributed by atoms with E-state index < -0.39 is 20.9 Å². The van der Waals surface area contributed by atoms with E-state index in [1.54, 1.807) is 0 Å². The van der Waals surface area contributed by atoms with Crippen molar-refractivity contribution >= 4 is 27.3 Å². The van der Waals surface area contributed by atoms with Crippen molar-refractivity contribution in [1.29, 1.82) is 0 Å². The van der Waals surface area contributed by atoms with Crippen molar-refractivity contribution in [2.24, 2.45) is 5.92 Å². The van der Waals surface area contributed by atoms with Crippen LogP contribution in [0.3, 0.4) is 0 Å². The highest BCUT2D eigenvalue weighted by molar-refractivity contribution is 7.88. The third-order valence-electron chi connectivity index (χ3n) is 3.01. The Bertz CT molecular complexity index is 652. The van der Waals surface area contributed by atoms with E-state index in [1.165, 1.54) is 28.6 Å².